The number of benzene rings is 1. The highest BCUT2D eigenvalue weighted by Crippen LogP contribution is 2.39. The van der Waals surface area contributed by atoms with Gasteiger partial charge in [0.25, 0.3) is 0 Å². The first kappa shape index (κ1) is 27.0. The predicted molar refractivity (Wildman–Crippen MR) is 134 cm³/mol. The van der Waals surface area contributed by atoms with Crippen LogP contribution in [0.3, 0.4) is 0 Å². The molecule has 164 valence electrons. The number of phenolic OH excluding ortho intramolecular Hbond substituents is 1. The number of esters is 1. The summed E-state index contributed by atoms with van der Waals surface area (Å²) >= 11 is 0. The van der Waals surface area contributed by atoms with Crippen molar-refractivity contribution in [2.75, 3.05) is 0 Å². The molecular weight excluding hydrogens is 420 g/mol. The van der Waals surface area contributed by atoms with Crippen LogP contribution in [0.2, 0.25) is 0 Å². The molecule has 0 amide bonds. The molecule has 3 nitrogen and oxygen atoms in total. The minimum atomic E-state index is -0.630. The fourth-order valence-electron chi connectivity index (χ4n) is 2.43. The van der Waals surface area contributed by atoms with E-state index in [1.54, 1.807) is 12.1 Å². The maximum Gasteiger partial charge on any atom is 0.352 e. The van der Waals surface area contributed by atoms with Crippen molar-refractivity contribution in [3.8, 4) is 101 Å². The molecule has 0 fully saturated rings. The van der Waals surface area contributed by atoms with E-state index in [4.69, 9.17) is 11.2 Å². The van der Waals surface area contributed by atoms with E-state index in [0.29, 0.717) is 16.7 Å². The molecule has 0 unspecified atom stereocenters. The molecule has 0 bridgehead atoms. The van der Waals surface area contributed by atoms with Gasteiger partial charge >= 0.3 is 5.97 Å². The number of rotatable bonds is 1. The van der Waals surface area contributed by atoms with Crippen LogP contribution in [0.1, 0.15) is 63.0 Å². The Morgan fingerprint density at radius 2 is 1.06 bits per heavy atom. The number of carbonyl (C=O) groups is 1. The van der Waals surface area contributed by atoms with Crippen LogP contribution in [0.5, 0.6) is 5.75 Å². The molecule has 0 aliphatic rings. The fraction of sp³-hybridized carbons (Fsp3) is 0.258. The Hall–Kier alpha value is -5.03. The molecular formula is C31H22O3. The number of aromatic hydroxyl groups is 1. The molecule has 1 aromatic carbocycles. The zero-order valence-electron chi connectivity index (χ0n) is 20.0. The number of terminal acetylenes is 1. The van der Waals surface area contributed by atoms with Crippen LogP contribution in [0.4, 0.5) is 0 Å². The average Bonchev–Trinajstić information content (AvgIpc) is 2.74. The van der Waals surface area contributed by atoms with Gasteiger partial charge in [0.2, 0.25) is 0 Å². The molecule has 1 rings (SSSR count). The molecule has 1 N–H and O–H groups in total. The van der Waals surface area contributed by atoms with E-state index < -0.39 is 5.97 Å². The van der Waals surface area contributed by atoms with E-state index in [9.17, 15) is 9.90 Å². The van der Waals surface area contributed by atoms with Crippen LogP contribution in [0.25, 0.3) is 0 Å². The van der Waals surface area contributed by atoms with Crippen molar-refractivity contribution in [2.45, 2.75) is 52.4 Å². The van der Waals surface area contributed by atoms with Gasteiger partial charge in [0.15, 0.2) is 0 Å². The van der Waals surface area contributed by atoms with E-state index >= 15 is 0 Å². The van der Waals surface area contributed by atoms with Gasteiger partial charge in [-0.25, -0.2) is 4.79 Å². The Balaban J connectivity index is 2.89. The van der Waals surface area contributed by atoms with Crippen LogP contribution in [0, 0.1) is 95.4 Å². The highest BCUT2D eigenvalue weighted by molar-refractivity contribution is 5.91. The Labute approximate surface area is 203 Å². The molecule has 0 aromatic heterocycles. The van der Waals surface area contributed by atoms with Gasteiger partial charge in [0.1, 0.15) is 11.9 Å². The molecule has 1 aromatic rings. The van der Waals surface area contributed by atoms with Gasteiger partial charge in [-0.05, 0) is 64.4 Å². The SMILES string of the molecule is C#CC#CC#CC#CC#CC#CC#CC#COC(=O)c1cc(C(C)(C)C)c(O)c(C(C)(C)C)c1. The second-order valence-corrected chi connectivity index (χ2v) is 8.68. The number of hydrogen-bond donors (Lipinski definition) is 1. The summed E-state index contributed by atoms with van der Waals surface area (Å²) in [7, 11) is 0. The van der Waals surface area contributed by atoms with Gasteiger partial charge in [-0.1, -0.05) is 41.5 Å². The van der Waals surface area contributed by atoms with Gasteiger partial charge < -0.3 is 9.84 Å². The highest BCUT2D eigenvalue weighted by Gasteiger charge is 2.28. The van der Waals surface area contributed by atoms with E-state index in [2.05, 4.69) is 89.0 Å². The number of ether oxygens (including phenoxy) is 1. The van der Waals surface area contributed by atoms with Gasteiger partial charge in [0.05, 0.1) is 5.56 Å². The van der Waals surface area contributed by atoms with Gasteiger partial charge in [-0.2, -0.15) is 0 Å². The van der Waals surface area contributed by atoms with E-state index in [1.807, 2.05) is 41.5 Å². The minimum absolute atomic E-state index is 0.184. The zero-order valence-corrected chi connectivity index (χ0v) is 20.0. The molecule has 0 aliphatic carbocycles. The standard InChI is InChI=1S/C31H22O3/c1-8-9-10-11-12-13-14-15-16-17-18-19-20-21-22-34-29(33)25-23-26(30(2,3)4)28(32)27(24-25)31(5,6)7/h1,23-24,32H,2-7H3. The lowest BCUT2D eigenvalue weighted by Gasteiger charge is -2.27. The average molecular weight is 443 g/mol. The first-order valence-corrected chi connectivity index (χ1v) is 10.0. The third-order valence-electron chi connectivity index (χ3n) is 3.98. The smallest absolute Gasteiger partial charge is 0.352 e. The van der Waals surface area contributed by atoms with Crippen LogP contribution in [-0.4, -0.2) is 11.1 Å². The Bertz CT molecular complexity index is 1410. The second kappa shape index (κ2) is 12.7. The summed E-state index contributed by atoms with van der Waals surface area (Å²) in [6.45, 7) is 11.8. The molecule has 0 saturated heterocycles. The summed E-state index contributed by atoms with van der Waals surface area (Å²) in [5.41, 5.74) is 0.888. The number of phenols is 1. The van der Waals surface area contributed by atoms with Crippen molar-refractivity contribution in [2.24, 2.45) is 0 Å². The normalized spacial score (nSPS) is 8.62. The molecule has 3 heteroatoms. The summed E-state index contributed by atoms with van der Waals surface area (Å²) in [5, 5.41) is 10.7. The summed E-state index contributed by atoms with van der Waals surface area (Å²) < 4.78 is 5.00. The molecule has 0 aliphatic heterocycles. The first-order valence-electron chi connectivity index (χ1n) is 10.0. The predicted octanol–water partition coefficient (Wildman–Crippen LogP) is 3.76. The molecule has 0 saturated carbocycles. The van der Waals surface area contributed by atoms with E-state index in [1.165, 1.54) is 0 Å². The monoisotopic (exact) mass is 442 g/mol. The zero-order chi connectivity index (χ0) is 25.6. The lowest BCUT2D eigenvalue weighted by molar-refractivity contribution is 0.0690. The quantitative estimate of drug-likeness (QED) is 0.532. The summed E-state index contributed by atoms with van der Waals surface area (Å²) in [6, 6.07) is 3.26. The topological polar surface area (TPSA) is 46.5 Å². The van der Waals surface area contributed by atoms with E-state index in [0.717, 1.165) is 0 Å². The number of carbonyl (C=O) groups excluding carboxylic acids is 1. The Morgan fingerprint density at radius 1 is 0.706 bits per heavy atom. The van der Waals surface area contributed by atoms with E-state index in [-0.39, 0.29) is 16.6 Å². The molecule has 34 heavy (non-hydrogen) atoms. The van der Waals surface area contributed by atoms with Gasteiger partial charge in [0, 0.05) is 52.6 Å². The second-order valence-electron chi connectivity index (χ2n) is 8.68. The van der Waals surface area contributed by atoms with Crippen LogP contribution >= 0.6 is 0 Å². The minimum Gasteiger partial charge on any atom is -0.507 e. The van der Waals surface area contributed by atoms with Crippen LogP contribution < -0.4 is 0 Å². The third-order valence-corrected chi connectivity index (χ3v) is 3.98. The summed E-state index contributed by atoms with van der Waals surface area (Å²) in [5.74, 6) is 33.5. The van der Waals surface area contributed by atoms with Crippen LogP contribution in [0.15, 0.2) is 12.1 Å². The van der Waals surface area contributed by atoms with Crippen molar-refractivity contribution in [3.05, 3.63) is 28.8 Å². The molecule has 0 heterocycles. The van der Waals surface area contributed by atoms with Gasteiger partial charge in [-0.3, -0.25) is 0 Å². The summed E-state index contributed by atoms with van der Waals surface area (Å²) in [6.07, 6.45) is 7.19. The molecule has 0 atom stereocenters. The van der Waals surface area contributed by atoms with Crippen molar-refractivity contribution < 1.29 is 14.6 Å². The highest BCUT2D eigenvalue weighted by atomic mass is 16.5. The number of hydrogen-bond acceptors (Lipinski definition) is 3. The Kier molecular flexibility index (Phi) is 10.1. The maximum atomic E-state index is 12.5. The van der Waals surface area contributed by atoms with Crippen molar-refractivity contribution in [1.29, 1.82) is 0 Å². The third kappa shape index (κ3) is 9.41. The first-order chi connectivity index (χ1) is 16.0. The van der Waals surface area contributed by atoms with Crippen molar-refractivity contribution in [3.63, 3.8) is 0 Å². The summed E-state index contributed by atoms with van der Waals surface area (Å²) in [4.78, 5) is 12.5. The Morgan fingerprint density at radius 3 is 1.41 bits per heavy atom. The fourth-order valence-corrected chi connectivity index (χ4v) is 2.43. The van der Waals surface area contributed by atoms with Crippen molar-refractivity contribution in [1.82, 2.24) is 0 Å². The lowest BCUT2D eigenvalue weighted by Crippen LogP contribution is -2.19. The van der Waals surface area contributed by atoms with Crippen molar-refractivity contribution >= 4 is 5.97 Å². The molecule has 0 radical (unpaired) electrons. The largest absolute Gasteiger partial charge is 0.507 e. The maximum absolute atomic E-state index is 12.5. The molecule has 0 spiro atoms. The van der Waals surface area contributed by atoms with Gasteiger partial charge in [-0.15, -0.1) is 6.42 Å². The van der Waals surface area contributed by atoms with Crippen LogP contribution in [-0.2, 0) is 15.6 Å². The lowest BCUT2D eigenvalue weighted by atomic mass is 9.78.